The third-order valence-corrected chi connectivity index (χ3v) is 6.59. The first kappa shape index (κ1) is 15.6. The molecule has 1 aliphatic rings. The lowest BCUT2D eigenvalue weighted by atomic mass is 10.4. The lowest BCUT2D eigenvalue weighted by Gasteiger charge is -2.15. The standard InChI is InChI=1S/C13H18N4O3S2/c1-10-14-13(17(15-10)7-8-18)12-11(4-9-21-12)22(19,20)16-5-2-3-6-16/h4,9,18H,2-3,5-8H2,1H3. The average molecular weight is 342 g/mol. The third-order valence-electron chi connectivity index (χ3n) is 3.60. The Kier molecular flexibility index (Phi) is 4.31. The summed E-state index contributed by atoms with van der Waals surface area (Å²) in [6, 6.07) is 1.63. The molecule has 120 valence electrons. The predicted octanol–water partition coefficient (Wildman–Crippen LogP) is 1.09. The smallest absolute Gasteiger partial charge is 0.244 e. The molecule has 2 aromatic rings. The highest BCUT2D eigenvalue weighted by Crippen LogP contribution is 2.34. The van der Waals surface area contributed by atoms with Gasteiger partial charge in [-0.05, 0) is 31.2 Å². The highest BCUT2D eigenvalue weighted by atomic mass is 32.2. The maximum Gasteiger partial charge on any atom is 0.244 e. The molecule has 0 amide bonds. The maximum absolute atomic E-state index is 12.8. The average Bonchev–Trinajstić information content (AvgIpc) is 3.18. The van der Waals surface area contributed by atoms with Gasteiger partial charge in [-0.3, -0.25) is 0 Å². The summed E-state index contributed by atoms with van der Waals surface area (Å²) in [5.74, 6) is 1.06. The third kappa shape index (κ3) is 2.69. The number of aliphatic hydroxyl groups excluding tert-OH is 1. The number of sulfonamides is 1. The molecule has 1 aliphatic heterocycles. The topological polar surface area (TPSA) is 88.3 Å². The van der Waals surface area contributed by atoms with Crippen LogP contribution in [0, 0.1) is 6.92 Å². The second-order valence-corrected chi connectivity index (χ2v) is 7.98. The number of rotatable bonds is 5. The van der Waals surface area contributed by atoms with Gasteiger partial charge in [0.2, 0.25) is 10.0 Å². The monoisotopic (exact) mass is 342 g/mol. The number of hydrogen-bond acceptors (Lipinski definition) is 6. The fourth-order valence-corrected chi connectivity index (χ4v) is 5.52. The van der Waals surface area contributed by atoms with E-state index < -0.39 is 10.0 Å². The number of aliphatic hydroxyl groups is 1. The molecule has 1 N–H and O–H groups in total. The minimum Gasteiger partial charge on any atom is -0.394 e. The Labute approximate surface area is 133 Å². The molecular weight excluding hydrogens is 324 g/mol. The van der Waals surface area contributed by atoms with Crippen molar-refractivity contribution in [1.82, 2.24) is 19.1 Å². The SMILES string of the molecule is Cc1nc(-c2sccc2S(=O)(=O)N2CCCC2)n(CCO)n1. The van der Waals surface area contributed by atoms with Gasteiger partial charge < -0.3 is 5.11 Å². The Bertz CT molecular complexity index is 760. The van der Waals surface area contributed by atoms with Crippen molar-refractivity contribution in [1.29, 1.82) is 0 Å². The van der Waals surface area contributed by atoms with E-state index in [1.807, 2.05) is 0 Å². The molecule has 0 bridgehead atoms. The van der Waals surface area contributed by atoms with Crippen LogP contribution in [-0.2, 0) is 16.6 Å². The Morgan fingerprint density at radius 2 is 2.09 bits per heavy atom. The molecule has 1 saturated heterocycles. The van der Waals surface area contributed by atoms with Gasteiger partial charge in [0.1, 0.15) is 10.7 Å². The van der Waals surface area contributed by atoms with Crippen molar-refractivity contribution in [2.75, 3.05) is 19.7 Å². The molecule has 7 nitrogen and oxygen atoms in total. The van der Waals surface area contributed by atoms with Gasteiger partial charge >= 0.3 is 0 Å². The second kappa shape index (κ2) is 6.07. The zero-order valence-corrected chi connectivity index (χ0v) is 13.9. The van der Waals surface area contributed by atoms with Gasteiger partial charge in [-0.25, -0.2) is 18.1 Å². The van der Waals surface area contributed by atoms with E-state index in [-0.39, 0.29) is 18.0 Å². The van der Waals surface area contributed by atoms with Crippen molar-refractivity contribution in [3.05, 3.63) is 17.3 Å². The molecule has 2 aromatic heterocycles. The van der Waals surface area contributed by atoms with E-state index in [1.54, 1.807) is 23.1 Å². The van der Waals surface area contributed by atoms with E-state index in [2.05, 4.69) is 10.1 Å². The first-order valence-corrected chi connectivity index (χ1v) is 9.46. The molecule has 0 atom stereocenters. The molecule has 0 radical (unpaired) electrons. The lowest BCUT2D eigenvalue weighted by molar-refractivity contribution is 0.270. The van der Waals surface area contributed by atoms with E-state index in [1.165, 1.54) is 15.6 Å². The van der Waals surface area contributed by atoms with Crippen LogP contribution in [0.2, 0.25) is 0 Å². The summed E-state index contributed by atoms with van der Waals surface area (Å²) in [5.41, 5.74) is 0. The molecule has 0 saturated carbocycles. The van der Waals surface area contributed by atoms with Crippen molar-refractivity contribution in [3.63, 3.8) is 0 Å². The van der Waals surface area contributed by atoms with Crippen LogP contribution in [-0.4, -0.2) is 52.3 Å². The molecule has 1 fully saturated rings. The van der Waals surface area contributed by atoms with Crippen LogP contribution in [0.5, 0.6) is 0 Å². The Balaban J connectivity index is 2.06. The minimum atomic E-state index is -3.50. The normalized spacial score (nSPS) is 16.5. The zero-order chi connectivity index (χ0) is 15.7. The fraction of sp³-hybridized carbons (Fsp3) is 0.538. The number of thiophene rings is 1. The molecule has 22 heavy (non-hydrogen) atoms. The van der Waals surface area contributed by atoms with Crippen molar-refractivity contribution in [3.8, 4) is 10.7 Å². The van der Waals surface area contributed by atoms with Gasteiger partial charge in [-0.15, -0.1) is 11.3 Å². The maximum atomic E-state index is 12.8. The van der Waals surface area contributed by atoms with Gasteiger partial charge in [0.25, 0.3) is 0 Å². The Hall–Kier alpha value is -1.29. The van der Waals surface area contributed by atoms with E-state index in [9.17, 15) is 8.42 Å². The first-order chi connectivity index (χ1) is 10.5. The Morgan fingerprint density at radius 3 is 2.77 bits per heavy atom. The molecule has 0 aliphatic carbocycles. The Morgan fingerprint density at radius 1 is 1.36 bits per heavy atom. The summed E-state index contributed by atoms with van der Waals surface area (Å²) in [7, 11) is -3.50. The molecular formula is C13H18N4O3S2. The van der Waals surface area contributed by atoms with E-state index in [0.717, 1.165) is 12.8 Å². The fourth-order valence-electron chi connectivity index (χ4n) is 2.61. The van der Waals surface area contributed by atoms with E-state index in [0.29, 0.717) is 29.6 Å². The molecule has 3 heterocycles. The van der Waals surface area contributed by atoms with Crippen molar-refractivity contribution in [2.45, 2.75) is 31.2 Å². The highest BCUT2D eigenvalue weighted by molar-refractivity contribution is 7.89. The number of hydrogen-bond donors (Lipinski definition) is 1. The van der Waals surface area contributed by atoms with Gasteiger partial charge in [-0.2, -0.15) is 9.40 Å². The number of aryl methyl sites for hydroxylation is 1. The van der Waals surface area contributed by atoms with Crippen LogP contribution < -0.4 is 0 Å². The van der Waals surface area contributed by atoms with E-state index >= 15 is 0 Å². The van der Waals surface area contributed by atoms with Crippen LogP contribution in [0.15, 0.2) is 16.3 Å². The summed E-state index contributed by atoms with van der Waals surface area (Å²) in [6.07, 6.45) is 1.80. The van der Waals surface area contributed by atoms with Crippen molar-refractivity contribution in [2.24, 2.45) is 0 Å². The van der Waals surface area contributed by atoms with Crippen LogP contribution in [0.25, 0.3) is 10.7 Å². The van der Waals surface area contributed by atoms with Gasteiger partial charge in [0.05, 0.1) is 18.0 Å². The molecule has 0 spiro atoms. The summed E-state index contributed by atoms with van der Waals surface area (Å²) < 4.78 is 28.7. The minimum absolute atomic E-state index is 0.0740. The van der Waals surface area contributed by atoms with Crippen LogP contribution in [0.3, 0.4) is 0 Å². The van der Waals surface area contributed by atoms with Crippen LogP contribution in [0.1, 0.15) is 18.7 Å². The largest absolute Gasteiger partial charge is 0.394 e. The van der Waals surface area contributed by atoms with Gasteiger partial charge in [0.15, 0.2) is 5.82 Å². The quantitative estimate of drug-likeness (QED) is 0.879. The van der Waals surface area contributed by atoms with Crippen molar-refractivity contribution >= 4 is 21.4 Å². The molecule has 3 rings (SSSR count). The summed E-state index contributed by atoms with van der Waals surface area (Å²) >= 11 is 1.33. The lowest BCUT2D eigenvalue weighted by Crippen LogP contribution is -2.28. The summed E-state index contributed by atoms with van der Waals surface area (Å²) in [5, 5.41) is 15.1. The second-order valence-electron chi connectivity index (χ2n) is 5.15. The predicted molar refractivity (Wildman–Crippen MR) is 83.2 cm³/mol. The number of nitrogens with zero attached hydrogens (tertiary/aromatic N) is 4. The van der Waals surface area contributed by atoms with Gasteiger partial charge in [-0.1, -0.05) is 0 Å². The van der Waals surface area contributed by atoms with Crippen LogP contribution >= 0.6 is 11.3 Å². The zero-order valence-electron chi connectivity index (χ0n) is 12.3. The summed E-state index contributed by atoms with van der Waals surface area (Å²) in [6.45, 7) is 3.10. The first-order valence-electron chi connectivity index (χ1n) is 7.14. The van der Waals surface area contributed by atoms with Gasteiger partial charge in [0, 0.05) is 13.1 Å². The number of aromatic nitrogens is 3. The highest BCUT2D eigenvalue weighted by Gasteiger charge is 2.31. The summed E-state index contributed by atoms with van der Waals surface area (Å²) in [4.78, 5) is 5.21. The molecule has 0 unspecified atom stereocenters. The van der Waals surface area contributed by atoms with Crippen molar-refractivity contribution < 1.29 is 13.5 Å². The molecule has 9 heteroatoms. The molecule has 0 aromatic carbocycles. The van der Waals surface area contributed by atoms with Crippen LogP contribution in [0.4, 0.5) is 0 Å². The van der Waals surface area contributed by atoms with E-state index in [4.69, 9.17) is 5.11 Å².